The number of carboxylic acid groups (broad SMARTS) is 1. The number of hydrogen-bond donors (Lipinski definition) is 2. The summed E-state index contributed by atoms with van der Waals surface area (Å²) in [5, 5.41) is 11.8. The molecule has 3 atom stereocenters. The molecule has 0 radical (unpaired) electrons. The van der Waals surface area contributed by atoms with Crippen molar-refractivity contribution in [1.29, 1.82) is 0 Å². The first-order valence-corrected chi connectivity index (χ1v) is 6.87. The molecule has 1 heterocycles. The molecular formula is C13H22N2O3. The molecule has 2 aliphatic rings. The van der Waals surface area contributed by atoms with E-state index < -0.39 is 5.97 Å². The van der Waals surface area contributed by atoms with Crippen molar-refractivity contribution in [3.63, 3.8) is 0 Å². The Kier molecular flexibility index (Phi) is 4.09. The van der Waals surface area contributed by atoms with Crippen LogP contribution in [-0.2, 0) is 4.79 Å². The fraction of sp³-hybridized carbons (Fsp3) is 0.846. The Hall–Kier alpha value is -1.26. The summed E-state index contributed by atoms with van der Waals surface area (Å²) in [6, 6.07) is 0.350. The van der Waals surface area contributed by atoms with Crippen molar-refractivity contribution in [2.45, 2.75) is 45.1 Å². The summed E-state index contributed by atoms with van der Waals surface area (Å²) in [5.74, 6) is 0.0164. The summed E-state index contributed by atoms with van der Waals surface area (Å²) in [5.41, 5.74) is 0. The molecule has 2 fully saturated rings. The second-order valence-electron chi connectivity index (χ2n) is 5.54. The van der Waals surface area contributed by atoms with Gasteiger partial charge in [-0.2, -0.15) is 0 Å². The molecule has 0 bridgehead atoms. The van der Waals surface area contributed by atoms with Gasteiger partial charge in [0.2, 0.25) is 0 Å². The van der Waals surface area contributed by atoms with Crippen LogP contribution in [0.3, 0.4) is 0 Å². The van der Waals surface area contributed by atoms with Gasteiger partial charge in [0.05, 0.1) is 0 Å². The Morgan fingerprint density at radius 3 is 2.89 bits per heavy atom. The van der Waals surface area contributed by atoms with Crippen molar-refractivity contribution in [2.24, 2.45) is 11.8 Å². The Labute approximate surface area is 108 Å². The zero-order chi connectivity index (χ0) is 13.1. The highest BCUT2D eigenvalue weighted by Crippen LogP contribution is 2.34. The van der Waals surface area contributed by atoms with E-state index in [4.69, 9.17) is 5.11 Å². The first kappa shape index (κ1) is 13.2. The van der Waals surface area contributed by atoms with Crippen LogP contribution in [0.2, 0.25) is 0 Å². The number of urea groups is 1. The molecule has 0 aromatic carbocycles. The minimum Gasteiger partial charge on any atom is -0.481 e. The topological polar surface area (TPSA) is 69.6 Å². The fourth-order valence-electron chi connectivity index (χ4n) is 2.79. The number of nitrogens with zero attached hydrogens (tertiary/aromatic N) is 1. The van der Waals surface area contributed by atoms with E-state index in [2.05, 4.69) is 12.2 Å². The molecule has 0 spiro atoms. The molecule has 3 unspecified atom stereocenters. The minimum absolute atomic E-state index is 0.00788. The lowest BCUT2D eigenvalue weighted by molar-refractivity contribution is -0.138. The number of aliphatic carboxylic acids is 1. The van der Waals surface area contributed by atoms with Crippen molar-refractivity contribution in [1.82, 2.24) is 10.2 Å². The number of likely N-dealkylation sites (tertiary alicyclic amines) is 1. The predicted molar refractivity (Wildman–Crippen MR) is 67.3 cm³/mol. The average Bonchev–Trinajstić information content (AvgIpc) is 2.85. The van der Waals surface area contributed by atoms with Crippen molar-refractivity contribution in [2.75, 3.05) is 13.1 Å². The molecule has 1 aliphatic heterocycles. The Balaban J connectivity index is 1.70. The maximum Gasteiger partial charge on any atom is 0.317 e. The predicted octanol–water partition coefficient (Wildman–Crippen LogP) is 1.68. The third-order valence-electron chi connectivity index (χ3n) is 3.93. The van der Waals surface area contributed by atoms with Gasteiger partial charge in [0.15, 0.2) is 0 Å². The van der Waals surface area contributed by atoms with Crippen LogP contribution in [-0.4, -0.2) is 41.1 Å². The van der Waals surface area contributed by atoms with Crippen LogP contribution in [0.1, 0.15) is 39.0 Å². The number of carbonyl (C=O) groups is 2. The lowest BCUT2D eigenvalue weighted by atomic mass is 10.1. The molecule has 0 aromatic rings. The maximum atomic E-state index is 11.9. The van der Waals surface area contributed by atoms with E-state index >= 15 is 0 Å². The minimum atomic E-state index is -0.771. The Bertz CT molecular complexity index is 332. The van der Waals surface area contributed by atoms with Crippen molar-refractivity contribution < 1.29 is 14.7 Å². The quantitative estimate of drug-likeness (QED) is 0.784. The smallest absolute Gasteiger partial charge is 0.317 e. The van der Waals surface area contributed by atoms with Crippen molar-refractivity contribution >= 4 is 12.0 Å². The Morgan fingerprint density at radius 2 is 2.22 bits per heavy atom. The van der Waals surface area contributed by atoms with Crippen molar-refractivity contribution in [3.8, 4) is 0 Å². The molecule has 2 N–H and O–H groups in total. The molecular weight excluding hydrogens is 232 g/mol. The number of hydrogen-bond acceptors (Lipinski definition) is 2. The maximum absolute atomic E-state index is 11.9. The second kappa shape index (κ2) is 5.59. The van der Waals surface area contributed by atoms with Gasteiger partial charge in [0, 0.05) is 25.6 Å². The van der Waals surface area contributed by atoms with Crippen molar-refractivity contribution in [3.05, 3.63) is 0 Å². The summed E-state index contributed by atoms with van der Waals surface area (Å²) < 4.78 is 0. The van der Waals surface area contributed by atoms with Gasteiger partial charge in [-0.3, -0.25) is 4.79 Å². The van der Waals surface area contributed by atoms with E-state index in [9.17, 15) is 9.59 Å². The van der Waals surface area contributed by atoms with Gasteiger partial charge in [-0.15, -0.1) is 0 Å². The van der Waals surface area contributed by atoms with E-state index in [-0.39, 0.29) is 18.4 Å². The number of carboxylic acids is 1. The van der Waals surface area contributed by atoms with Gasteiger partial charge in [-0.1, -0.05) is 13.3 Å². The summed E-state index contributed by atoms with van der Waals surface area (Å²) in [6.45, 7) is 3.44. The molecule has 1 saturated carbocycles. The van der Waals surface area contributed by atoms with Gasteiger partial charge in [0.1, 0.15) is 0 Å². The average molecular weight is 254 g/mol. The molecule has 18 heavy (non-hydrogen) atoms. The number of amides is 2. The van der Waals surface area contributed by atoms with Crippen LogP contribution in [0.15, 0.2) is 0 Å². The van der Waals surface area contributed by atoms with E-state index in [0.29, 0.717) is 25.0 Å². The van der Waals surface area contributed by atoms with Crippen LogP contribution in [0, 0.1) is 11.8 Å². The second-order valence-corrected chi connectivity index (χ2v) is 5.54. The van der Waals surface area contributed by atoms with Crippen LogP contribution in [0.25, 0.3) is 0 Å². The van der Waals surface area contributed by atoms with Crippen LogP contribution >= 0.6 is 0 Å². The van der Waals surface area contributed by atoms with Gasteiger partial charge >= 0.3 is 12.0 Å². The van der Waals surface area contributed by atoms with Crippen LogP contribution in [0.5, 0.6) is 0 Å². The first-order chi connectivity index (χ1) is 8.60. The van der Waals surface area contributed by atoms with Gasteiger partial charge in [-0.25, -0.2) is 4.79 Å². The van der Waals surface area contributed by atoms with Gasteiger partial charge in [0.25, 0.3) is 0 Å². The summed E-state index contributed by atoms with van der Waals surface area (Å²) in [4.78, 5) is 24.3. The third kappa shape index (κ3) is 3.37. The monoisotopic (exact) mass is 254 g/mol. The summed E-state index contributed by atoms with van der Waals surface area (Å²) in [7, 11) is 0. The SMILES string of the molecule is CCCC1CC1NC(=O)N1CCC(CC(=O)O)C1. The lowest BCUT2D eigenvalue weighted by Crippen LogP contribution is -2.40. The van der Waals surface area contributed by atoms with Crippen LogP contribution < -0.4 is 5.32 Å². The molecule has 102 valence electrons. The molecule has 1 aliphatic carbocycles. The number of rotatable bonds is 5. The lowest BCUT2D eigenvalue weighted by Gasteiger charge is -2.17. The normalized spacial score (nSPS) is 30.3. The molecule has 5 nitrogen and oxygen atoms in total. The van der Waals surface area contributed by atoms with Gasteiger partial charge in [-0.05, 0) is 31.1 Å². The van der Waals surface area contributed by atoms with E-state index in [1.165, 1.54) is 12.8 Å². The molecule has 5 heteroatoms. The van der Waals surface area contributed by atoms with E-state index in [1.807, 2.05) is 0 Å². The Morgan fingerprint density at radius 1 is 1.44 bits per heavy atom. The molecule has 2 amide bonds. The third-order valence-corrected chi connectivity index (χ3v) is 3.93. The van der Waals surface area contributed by atoms with E-state index in [1.54, 1.807) is 4.90 Å². The summed E-state index contributed by atoms with van der Waals surface area (Å²) in [6.07, 6.45) is 4.44. The molecule has 2 rings (SSSR count). The van der Waals surface area contributed by atoms with E-state index in [0.717, 1.165) is 12.8 Å². The number of nitrogens with one attached hydrogen (secondary N) is 1. The molecule has 1 saturated heterocycles. The first-order valence-electron chi connectivity index (χ1n) is 6.87. The van der Waals surface area contributed by atoms with Crippen LogP contribution in [0.4, 0.5) is 4.79 Å². The highest BCUT2D eigenvalue weighted by molar-refractivity contribution is 5.75. The number of carbonyl (C=O) groups excluding carboxylic acids is 1. The largest absolute Gasteiger partial charge is 0.481 e. The zero-order valence-corrected chi connectivity index (χ0v) is 10.9. The zero-order valence-electron chi connectivity index (χ0n) is 10.9. The highest BCUT2D eigenvalue weighted by Gasteiger charge is 2.39. The van der Waals surface area contributed by atoms with Gasteiger partial charge < -0.3 is 15.3 Å². The standard InChI is InChI=1S/C13H22N2O3/c1-2-3-10-7-11(10)14-13(18)15-5-4-9(8-15)6-12(16)17/h9-11H,2-8H2,1H3,(H,14,18)(H,16,17). The summed E-state index contributed by atoms with van der Waals surface area (Å²) >= 11 is 0. The fourth-order valence-corrected chi connectivity index (χ4v) is 2.79. The highest BCUT2D eigenvalue weighted by atomic mass is 16.4. The molecule has 0 aromatic heterocycles.